The van der Waals surface area contributed by atoms with Crippen LogP contribution in [-0.2, 0) is 6.18 Å². The van der Waals surface area contributed by atoms with E-state index in [1.807, 2.05) is 0 Å². The summed E-state index contributed by atoms with van der Waals surface area (Å²) < 4.78 is 35.1. The van der Waals surface area contributed by atoms with Crippen LogP contribution in [0, 0.1) is 0 Å². The molecule has 1 aromatic heterocycles. The van der Waals surface area contributed by atoms with Gasteiger partial charge in [0.1, 0.15) is 4.34 Å². The van der Waals surface area contributed by atoms with Gasteiger partial charge in [0, 0.05) is 0 Å². The maximum Gasteiger partial charge on any atom is 0.443 e. The first kappa shape index (κ1) is 7.81. The van der Waals surface area contributed by atoms with Crippen LogP contribution in [-0.4, -0.2) is 4.98 Å². The van der Waals surface area contributed by atoms with Crippen molar-refractivity contribution in [1.29, 1.82) is 0 Å². The zero-order valence-electron chi connectivity index (χ0n) is 4.44. The lowest BCUT2D eigenvalue weighted by Crippen LogP contribution is -2.02. The van der Waals surface area contributed by atoms with Crippen molar-refractivity contribution >= 4 is 22.9 Å². The summed E-state index contributed by atoms with van der Waals surface area (Å²) in [4.78, 5) is 3.05. The molecule has 10 heavy (non-hydrogen) atoms. The van der Waals surface area contributed by atoms with E-state index in [2.05, 4.69) is 4.98 Å². The smallest absolute Gasteiger partial charge is 0.239 e. The van der Waals surface area contributed by atoms with E-state index < -0.39 is 11.2 Å². The Morgan fingerprint density at radius 3 is 2.30 bits per heavy atom. The Balaban J connectivity index is 2.96. The van der Waals surface area contributed by atoms with Crippen molar-refractivity contribution in [1.82, 2.24) is 4.98 Å². The molecule has 1 nitrogen and oxygen atoms in total. The van der Waals surface area contributed by atoms with E-state index in [1.54, 1.807) is 0 Å². The molecule has 56 valence electrons. The first-order chi connectivity index (χ1) is 4.50. The highest BCUT2D eigenvalue weighted by atomic mass is 35.5. The van der Waals surface area contributed by atoms with Gasteiger partial charge in [0.05, 0.1) is 6.20 Å². The monoisotopic (exact) mass is 187 g/mol. The summed E-state index contributed by atoms with van der Waals surface area (Å²) in [6, 6.07) is 0. The average Bonchev–Trinajstić information content (AvgIpc) is 2.11. The van der Waals surface area contributed by atoms with Crippen molar-refractivity contribution in [2.24, 2.45) is 0 Å². The fourth-order valence-corrected chi connectivity index (χ4v) is 1.16. The molecule has 0 bridgehead atoms. The van der Waals surface area contributed by atoms with Gasteiger partial charge in [-0.15, -0.1) is 0 Å². The number of rotatable bonds is 0. The Labute approximate surface area is 63.5 Å². The summed E-state index contributed by atoms with van der Waals surface area (Å²) in [6.07, 6.45) is -3.38. The molecule has 1 aromatic rings. The molecule has 0 aromatic carbocycles. The van der Waals surface area contributed by atoms with E-state index in [1.165, 1.54) is 0 Å². The third kappa shape index (κ3) is 1.60. The zero-order valence-corrected chi connectivity index (χ0v) is 6.02. The second-order valence-corrected chi connectivity index (χ2v) is 3.13. The fourth-order valence-electron chi connectivity index (χ4n) is 0.385. The Kier molecular flexibility index (Phi) is 1.87. The third-order valence-electron chi connectivity index (χ3n) is 0.720. The fraction of sp³-hybridized carbons (Fsp3) is 0.250. The number of aromatic nitrogens is 1. The average molecular weight is 188 g/mol. The van der Waals surface area contributed by atoms with E-state index in [9.17, 15) is 13.2 Å². The minimum absolute atomic E-state index is 0.0484. The molecular formula is C4HClF3NS. The van der Waals surface area contributed by atoms with Crippen LogP contribution in [0.15, 0.2) is 6.20 Å². The minimum Gasteiger partial charge on any atom is -0.239 e. The van der Waals surface area contributed by atoms with Crippen molar-refractivity contribution in [2.45, 2.75) is 6.18 Å². The first-order valence-corrected chi connectivity index (χ1v) is 3.38. The van der Waals surface area contributed by atoms with Gasteiger partial charge in [0.15, 0.2) is 5.01 Å². The van der Waals surface area contributed by atoms with Gasteiger partial charge in [-0.2, -0.15) is 13.2 Å². The van der Waals surface area contributed by atoms with Gasteiger partial charge in [-0.05, 0) is 0 Å². The molecule has 0 saturated carbocycles. The molecule has 0 amide bonds. The number of hydrogen-bond acceptors (Lipinski definition) is 2. The minimum atomic E-state index is -4.36. The van der Waals surface area contributed by atoms with Gasteiger partial charge in [0.2, 0.25) is 0 Å². The normalized spacial score (nSPS) is 12.0. The molecule has 0 spiro atoms. The quantitative estimate of drug-likeness (QED) is 0.609. The van der Waals surface area contributed by atoms with Gasteiger partial charge >= 0.3 is 6.18 Å². The standard InChI is InChI=1S/C4HClF3NS/c5-2-1-9-3(10-2)4(6,7)8/h1H. The summed E-state index contributed by atoms with van der Waals surface area (Å²) in [5.74, 6) is 0. The van der Waals surface area contributed by atoms with Gasteiger partial charge in [0.25, 0.3) is 0 Å². The number of thiazole rings is 1. The highest BCUT2D eigenvalue weighted by Crippen LogP contribution is 2.33. The van der Waals surface area contributed by atoms with Crippen LogP contribution in [0.2, 0.25) is 4.34 Å². The molecule has 0 aliphatic rings. The lowest BCUT2D eigenvalue weighted by molar-refractivity contribution is -0.137. The molecule has 0 radical (unpaired) electrons. The summed E-state index contributed by atoms with van der Waals surface area (Å²) in [5.41, 5.74) is 0. The van der Waals surface area contributed by atoms with Crippen LogP contribution in [0.4, 0.5) is 13.2 Å². The molecule has 6 heteroatoms. The lowest BCUT2D eigenvalue weighted by atomic mass is 10.7. The maximum atomic E-state index is 11.7. The molecule has 0 atom stereocenters. The van der Waals surface area contributed by atoms with Crippen molar-refractivity contribution < 1.29 is 13.2 Å². The van der Waals surface area contributed by atoms with Gasteiger partial charge in [-0.1, -0.05) is 22.9 Å². The van der Waals surface area contributed by atoms with E-state index in [0.29, 0.717) is 11.3 Å². The van der Waals surface area contributed by atoms with Crippen molar-refractivity contribution in [3.8, 4) is 0 Å². The summed E-state index contributed by atoms with van der Waals surface area (Å²) >= 11 is 5.65. The van der Waals surface area contributed by atoms with Crippen molar-refractivity contribution in [3.63, 3.8) is 0 Å². The topological polar surface area (TPSA) is 12.9 Å². The summed E-state index contributed by atoms with van der Waals surface area (Å²) in [5, 5.41) is -0.905. The predicted molar refractivity (Wildman–Crippen MR) is 32.1 cm³/mol. The van der Waals surface area contributed by atoms with Crippen molar-refractivity contribution in [3.05, 3.63) is 15.5 Å². The van der Waals surface area contributed by atoms with Gasteiger partial charge in [-0.3, -0.25) is 0 Å². The molecule has 0 saturated heterocycles. The molecular weight excluding hydrogens is 187 g/mol. The number of alkyl halides is 3. The second kappa shape index (κ2) is 2.39. The maximum absolute atomic E-state index is 11.7. The summed E-state index contributed by atoms with van der Waals surface area (Å²) in [6.45, 7) is 0. The number of nitrogens with zero attached hydrogens (tertiary/aromatic N) is 1. The molecule has 0 unspecified atom stereocenters. The molecule has 0 fully saturated rings. The Morgan fingerprint density at radius 2 is 2.10 bits per heavy atom. The van der Waals surface area contributed by atoms with E-state index in [4.69, 9.17) is 11.6 Å². The lowest BCUT2D eigenvalue weighted by Gasteiger charge is -1.97. The molecule has 0 aliphatic heterocycles. The largest absolute Gasteiger partial charge is 0.443 e. The Morgan fingerprint density at radius 1 is 1.50 bits per heavy atom. The van der Waals surface area contributed by atoms with E-state index >= 15 is 0 Å². The molecule has 0 N–H and O–H groups in total. The number of hydrogen-bond donors (Lipinski definition) is 0. The summed E-state index contributed by atoms with van der Waals surface area (Å²) in [7, 11) is 0. The third-order valence-corrected chi connectivity index (χ3v) is 1.88. The van der Waals surface area contributed by atoms with Crippen LogP contribution >= 0.6 is 22.9 Å². The zero-order chi connectivity index (χ0) is 7.78. The SMILES string of the molecule is FC(F)(F)c1ncc(Cl)s1. The van der Waals surface area contributed by atoms with Crippen LogP contribution in [0.25, 0.3) is 0 Å². The molecule has 1 rings (SSSR count). The first-order valence-electron chi connectivity index (χ1n) is 2.18. The Bertz CT molecular complexity index is 231. The Hall–Kier alpha value is -0.290. The van der Waals surface area contributed by atoms with Gasteiger partial charge < -0.3 is 0 Å². The molecule has 0 aliphatic carbocycles. The number of halogens is 4. The van der Waals surface area contributed by atoms with E-state index in [-0.39, 0.29) is 4.34 Å². The van der Waals surface area contributed by atoms with Crippen LogP contribution < -0.4 is 0 Å². The van der Waals surface area contributed by atoms with Crippen molar-refractivity contribution in [2.75, 3.05) is 0 Å². The predicted octanol–water partition coefficient (Wildman–Crippen LogP) is 2.82. The second-order valence-electron chi connectivity index (χ2n) is 1.47. The van der Waals surface area contributed by atoms with Crippen LogP contribution in [0.5, 0.6) is 0 Å². The van der Waals surface area contributed by atoms with E-state index in [0.717, 1.165) is 6.20 Å². The van der Waals surface area contributed by atoms with Gasteiger partial charge in [-0.25, -0.2) is 4.98 Å². The van der Waals surface area contributed by atoms with Crippen LogP contribution in [0.1, 0.15) is 5.01 Å². The highest BCUT2D eigenvalue weighted by molar-refractivity contribution is 7.15. The van der Waals surface area contributed by atoms with Crippen LogP contribution in [0.3, 0.4) is 0 Å². The molecule has 1 heterocycles. The highest BCUT2D eigenvalue weighted by Gasteiger charge is 2.34.